The molecule has 2 unspecified atom stereocenters. The van der Waals surface area contributed by atoms with E-state index in [1.807, 2.05) is 17.0 Å². The first kappa shape index (κ1) is 26.0. The van der Waals surface area contributed by atoms with Gasteiger partial charge in [-0.15, -0.1) is 0 Å². The smallest absolute Gasteiger partial charge is 0.255 e. The fourth-order valence-corrected chi connectivity index (χ4v) is 4.71. The predicted molar refractivity (Wildman–Crippen MR) is 140 cm³/mol. The van der Waals surface area contributed by atoms with Gasteiger partial charge in [-0.1, -0.05) is 12.1 Å². The second kappa shape index (κ2) is 11.7. The molecule has 0 aliphatic carbocycles. The fraction of sp³-hybridized carbons (Fsp3) is 0.321. The maximum Gasteiger partial charge on any atom is 0.255 e. The van der Waals surface area contributed by atoms with Gasteiger partial charge in [0.2, 0.25) is 11.7 Å². The van der Waals surface area contributed by atoms with Crippen LogP contribution in [0.5, 0.6) is 17.2 Å². The number of benzene rings is 2. The molecule has 3 N–H and O–H groups in total. The van der Waals surface area contributed by atoms with Gasteiger partial charge in [0.05, 0.1) is 39.8 Å². The Morgan fingerprint density at radius 3 is 2.27 bits per heavy atom. The Morgan fingerprint density at radius 2 is 1.68 bits per heavy atom. The lowest BCUT2D eigenvalue weighted by Crippen LogP contribution is -2.42. The van der Waals surface area contributed by atoms with Crippen LogP contribution in [-0.4, -0.2) is 55.6 Å². The van der Waals surface area contributed by atoms with Gasteiger partial charge in [-0.2, -0.15) is 0 Å². The Hall–Kier alpha value is -4.11. The van der Waals surface area contributed by atoms with E-state index in [2.05, 4.69) is 10.3 Å². The lowest BCUT2D eigenvalue weighted by atomic mass is 9.96. The average Bonchev–Trinajstić information content (AvgIpc) is 3.43. The first-order chi connectivity index (χ1) is 17.9. The van der Waals surface area contributed by atoms with Gasteiger partial charge in [0, 0.05) is 30.2 Å². The highest BCUT2D eigenvalue weighted by Crippen LogP contribution is 2.38. The zero-order valence-corrected chi connectivity index (χ0v) is 21.3. The minimum atomic E-state index is -0.372. The zero-order chi connectivity index (χ0) is 26.4. The molecule has 3 aromatic rings. The average molecular weight is 505 g/mol. The van der Waals surface area contributed by atoms with Crippen molar-refractivity contribution in [2.24, 2.45) is 5.73 Å². The Bertz CT molecular complexity index is 1210. The number of rotatable bonds is 9. The number of nitrogens with zero attached hydrogens (tertiary/aromatic N) is 2. The first-order valence-corrected chi connectivity index (χ1v) is 12.1. The van der Waals surface area contributed by atoms with Gasteiger partial charge < -0.3 is 30.2 Å². The summed E-state index contributed by atoms with van der Waals surface area (Å²) in [4.78, 5) is 31.7. The maximum atomic E-state index is 13.3. The van der Waals surface area contributed by atoms with Crippen LogP contribution in [0.2, 0.25) is 0 Å². The molecule has 1 aromatic heterocycles. The van der Waals surface area contributed by atoms with Crippen LogP contribution < -0.4 is 25.3 Å². The Kier molecular flexibility index (Phi) is 8.25. The molecule has 194 valence electrons. The topological polar surface area (TPSA) is 116 Å². The molecule has 1 aliphatic heterocycles. The molecule has 2 aromatic carbocycles. The van der Waals surface area contributed by atoms with Crippen molar-refractivity contribution < 1.29 is 23.8 Å². The number of ether oxygens (including phenoxy) is 3. The zero-order valence-electron chi connectivity index (χ0n) is 21.3. The summed E-state index contributed by atoms with van der Waals surface area (Å²) in [5, 5.41) is 2.84. The van der Waals surface area contributed by atoms with Gasteiger partial charge in [-0.05, 0) is 60.4 Å². The molecule has 37 heavy (non-hydrogen) atoms. The van der Waals surface area contributed by atoms with Crippen LogP contribution in [-0.2, 0) is 11.2 Å². The molecule has 4 rings (SSSR count). The molecule has 1 saturated heterocycles. The molecule has 0 radical (unpaired) electrons. The molecular formula is C28H32N4O5. The predicted octanol–water partition coefficient (Wildman–Crippen LogP) is 3.59. The van der Waals surface area contributed by atoms with Crippen molar-refractivity contribution in [2.45, 2.75) is 31.3 Å². The summed E-state index contributed by atoms with van der Waals surface area (Å²) >= 11 is 0. The lowest BCUT2D eigenvalue weighted by Gasteiger charge is -2.30. The standard InChI is InChI=1S/C28H32N4O5/c1-35-23-15-18(16-24(36-2)27(23)37-3)17-25(33)32-14-4-5-22(32)26(29)19-6-8-20(9-7-19)28(34)31-21-10-12-30-13-11-21/h6-13,15-16,22,26H,4-5,14,17,29H2,1-3H3,(H,30,31,34). The van der Waals surface area contributed by atoms with Crippen LogP contribution in [0.1, 0.15) is 40.4 Å². The molecular weight excluding hydrogens is 472 g/mol. The number of carbonyl (C=O) groups is 2. The van der Waals surface area contributed by atoms with E-state index in [0.717, 1.165) is 24.0 Å². The third-order valence-corrected chi connectivity index (χ3v) is 6.61. The van der Waals surface area contributed by atoms with E-state index in [4.69, 9.17) is 19.9 Å². The van der Waals surface area contributed by atoms with Crippen LogP contribution in [0.4, 0.5) is 5.69 Å². The molecule has 1 fully saturated rings. The maximum absolute atomic E-state index is 13.3. The molecule has 0 saturated carbocycles. The third-order valence-electron chi connectivity index (χ3n) is 6.61. The quantitative estimate of drug-likeness (QED) is 0.457. The molecule has 2 heterocycles. The Balaban J connectivity index is 1.44. The van der Waals surface area contributed by atoms with Gasteiger partial charge in [0.1, 0.15) is 0 Å². The number of hydrogen-bond acceptors (Lipinski definition) is 7. The molecule has 2 atom stereocenters. The Labute approximate surface area is 216 Å². The lowest BCUT2D eigenvalue weighted by molar-refractivity contribution is -0.131. The fourth-order valence-electron chi connectivity index (χ4n) is 4.71. The highest BCUT2D eigenvalue weighted by molar-refractivity contribution is 6.04. The van der Waals surface area contributed by atoms with Gasteiger partial charge in [0.25, 0.3) is 5.91 Å². The monoisotopic (exact) mass is 504 g/mol. The van der Waals surface area contributed by atoms with E-state index in [1.54, 1.807) is 70.1 Å². The number of methoxy groups -OCH3 is 3. The van der Waals surface area contributed by atoms with Gasteiger partial charge in [-0.25, -0.2) is 0 Å². The molecule has 0 bridgehead atoms. The van der Waals surface area contributed by atoms with Crippen molar-refractivity contribution in [1.82, 2.24) is 9.88 Å². The van der Waals surface area contributed by atoms with Crippen molar-refractivity contribution in [3.05, 3.63) is 77.6 Å². The number of anilines is 1. The number of hydrogen-bond donors (Lipinski definition) is 2. The van der Waals surface area contributed by atoms with Crippen molar-refractivity contribution in [3.8, 4) is 17.2 Å². The van der Waals surface area contributed by atoms with Crippen molar-refractivity contribution >= 4 is 17.5 Å². The minimum Gasteiger partial charge on any atom is -0.493 e. The number of nitrogens with one attached hydrogen (secondary N) is 1. The van der Waals surface area contributed by atoms with Gasteiger partial charge >= 0.3 is 0 Å². The number of likely N-dealkylation sites (tertiary alicyclic amines) is 1. The summed E-state index contributed by atoms with van der Waals surface area (Å²) in [6.45, 7) is 0.647. The number of carbonyl (C=O) groups excluding carboxylic acids is 2. The molecule has 9 heteroatoms. The number of nitrogens with two attached hydrogens (primary N) is 1. The minimum absolute atomic E-state index is 0.0134. The number of pyridine rings is 1. The highest BCUT2D eigenvalue weighted by atomic mass is 16.5. The number of aromatic nitrogens is 1. The summed E-state index contributed by atoms with van der Waals surface area (Å²) in [7, 11) is 4.64. The van der Waals surface area contributed by atoms with E-state index in [9.17, 15) is 9.59 Å². The molecule has 1 aliphatic rings. The highest BCUT2D eigenvalue weighted by Gasteiger charge is 2.34. The van der Waals surface area contributed by atoms with E-state index in [1.165, 1.54) is 0 Å². The van der Waals surface area contributed by atoms with Crippen LogP contribution in [0.3, 0.4) is 0 Å². The van der Waals surface area contributed by atoms with Gasteiger partial charge in [-0.3, -0.25) is 14.6 Å². The van der Waals surface area contributed by atoms with Crippen LogP contribution >= 0.6 is 0 Å². The van der Waals surface area contributed by atoms with E-state index < -0.39 is 0 Å². The first-order valence-electron chi connectivity index (χ1n) is 12.1. The van der Waals surface area contributed by atoms with E-state index in [0.29, 0.717) is 35.0 Å². The molecule has 0 spiro atoms. The second-order valence-corrected chi connectivity index (χ2v) is 8.84. The van der Waals surface area contributed by atoms with Crippen molar-refractivity contribution in [2.75, 3.05) is 33.2 Å². The van der Waals surface area contributed by atoms with Crippen molar-refractivity contribution in [3.63, 3.8) is 0 Å². The SMILES string of the molecule is COc1cc(CC(=O)N2CCCC2C(N)c2ccc(C(=O)Nc3ccncc3)cc2)cc(OC)c1OC. The molecule has 9 nitrogen and oxygen atoms in total. The number of amides is 2. The second-order valence-electron chi connectivity index (χ2n) is 8.84. The van der Waals surface area contributed by atoms with Crippen molar-refractivity contribution in [1.29, 1.82) is 0 Å². The normalized spacial score (nSPS) is 15.7. The van der Waals surface area contributed by atoms with E-state index >= 15 is 0 Å². The largest absolute Gasteiger partial charge is 0.493 e. The molecule has 2 amide bonds. The van der Waals surface area contributed by atoms with Crippen LogP contribution in [0, 0.1) is 0 Å². The third kappa shape index (κ3) is 5.83. The van der Waals surface area contributed by atoms with Crippen LogP contribution in [0.15, 0.2) is 60.9 Å². The van der Waals surface area contributed by atoms with Gasteiger partial charge in [0.15, 0.2) is 11.5 Å². The van der Waals surface area contributed by atoms with Crippen LogP contribution in [0.25, 0.3) is 0 Å². The van der Waals surface area contributed by atoms with E-state index in [-0.39, 0.29) is 30.3 Å². The summed E-state index contributed by atoms with van der Waals surface area (Å²) in [6, 6.07) is 13.7. The Morgan fingerprint density at radius 1 is 1.03 bits per heavy atom. The summed E-state index contributed by atoms with van der Waals surface area (Å²) in [5.41, 5.74) is 9.48. The summed E-state index contributed by atoms with van der Waals surface area (Å²) in [6.07, 6.45) is 5.12. The summed E-state index contributed by atoms with van der Waals surface area (Å²) in [5.74, 6) is 1.27. The summed E-state index contributed by atoms with van der Waals surface area (Å²) < 4.78 is 16.2.